The van der Waals surface area contributed by atoms with Gasteiger partial charge in [0.1, 0.15) is 0 Å². The molecule has 0 radical (unpaired) electrons. The summed E-state index contributed by atoms with van der Waals surface area (Å²) in [4.78, 5) is 16.2. The third-order valence-corrected chi connectivity index (χ3v) is 3.78. The Morgan fingerprint density at radius 1 is 1.11 bits per heavy atom. The maximum absolute atomic E-state index is 11.8. The molecule has 2 rings (SSSR count). The molecule has 1 heterocycles. The van der Waals surface area contributed by atoms with E-state index >= 15 is 0 Å². The highest BCUT2D eigenvalue weighted by atomic mass is 35.5. The first-order valence-corrected chi connectivity index (χ1v) is 6.52. The van der Waals surface area contributed by atoms with Gasteiger partial charge in [-0.25, -0.2) is 0 Å². The molecule has 1 N–H and O–H groups in total. The second kappa shape index (κ2) is 8.31. The van der Waals surface area contributed by atoms with E-state index in [-0.39, 0.29) is 30.2 Å². The van der Waals surface area contributed by atoms with Gasteiger partial charge in [-0.05, 0) is 26.0 Å². The summed E-state index contributed by atoms with van der Waals surface area (Å²) < 4.78 is 0. The van der Waals surface area contributed by atoms with Gasteiger partial charge in [0.25, 0.3) is 0 Å². The van der Waals surface area contributed by atoms with E-state index in [2.05, 4.69) is 17.1 Å². The summed E-state index contributed by atoms with van der Waals surface area (Å²) in [5, 5.41) is 0. The Morgan fingerprint density at radius 3 is 2.37 bits per heavy atom. The largest absolute Gasteiger partial charge is 0.364 e. The van der Waals surface area contributed by atoms with Crippen LogP contribution in [-0.4, -0.2) is 4.98 Å². The molecule has 2 nitrogen and oxygen atoms in total. The summed E-state index contributed by atoms with van der Waals surface area (Å²) in [7, 11) is 0. The van der Waals surface area contributed by atoms with E-state index in [9.17, 15) is 4.79 Å². The number of hydrogen-bond acceptors (Lipinski definition) is 2. The highest BCUT2D eigenvalue weighted by Crippen LogP contribution is 2.21. The second-order valence-corrected chi connectivity index (χ2v) is 5.05. The zero-order chi connectivity index (χ0) is 12.3. The molecule has 0 amide bonds. The van der Waals surface area contributed by atoms with Crippen LogP contribution in [0.3, 0.4) is 0 Å². The molecule has 0 aliphatic heterocycles. The first-order chi connectivity index (χ1) is 8.18. The number of aromatic nitrogens is 1. The maximum Gasteiger partial charge on any atom is 0.187 e. The van der Waals surface area contributed by atoms with Gasteiger partial charge in [0.2, 0.25) is 0 Å². The molecule has 104 valence electrons. The lowest BCUT2D eigenvalue weighted by Crippen LogP contribution is -2.12. The van der Waals surface area contributed by atoms with Gasteiger partial charge in [0.05, 0.1) is 0 Å². The van der Waals surface area contributed by atoms with Crippen LogP contribution < -0.4 is 5.43 Å². The standard InChI is InChI=1S/C14H15NOS.2ClH/c1-10-8-15-13(11(2)14(10)16)9-17-12-6-4-3-5-7-12;;/h3-8H,9H2,1-2H3,(H,15,16);2*1H. The van der Waals surface area contributed by atoms with Crippen LogP contribution in [0.1, 0.15) is 16.8 Å². The first-order valence-electron chi connectivity index (χ1n) is 5.54. The van der Waals surface area contributed by atoms with Crippen molar-refractivity contribution >= 4 is 36.6 Å². The number of nitrogens with one attached hydrogen (secondary N) is 1. The van der Waals surface area contributed by atoms with Crippen molar-refractivity contribution in [1.82, 2.24) is 4.98 Å². The summed E-state index contributed by atoms with van der Waals surface area (Å²) in [5.41, 5.74) is 2.76. The molecule has 0 aliphatic rings. The Hall–Kier alpha value is -0.900. The molecule has 0 saturated carbocycles. The molecule has 0 spiro atoms. The molecule has 0 unspecified atom stereocenters. The van der Waals surface area contributed by atoms with Crippen LogP contribution in [0.4, 0.5) is 0 Å². The predicted molar refractivity (Wildman–Crippen MR) is 87.0 cm³/mol. The fourth-order valence-corrected chi connectivity index (χ4v) is 2.58. The zero-order valence-corrected chi connectivity index (χ0v) is 13.3. The summed E-state index contributed by atoms with van der Waals surface area (Å²) in [6.07, 6.45) is 1.79. The summed E-state index contributed by atoms with van der Waals surface area (Å²) in [5.74, 6) is 0.797. The zero-order valence-electron chi connectivity index (χ0n) is 10.8. The fourth-order valence-electron chi connectivity index (χ4n) is 1.62. The average molecular weight is 318 g/mol. The quantitative estimate of drug-likeness (QED) is 0.863. The number of rotatable bonds is 3. The van der Waals surface area contributed by atoms with Gasteiger partial charge in [-0.1, -0.05) is 18.2 Å². The lowest BCUT2D eigenvalue weighted by molar-refractivity contribution is 1.08. The van der Waals surface area contributed by atoms with Gasteiger partial charge in [-0.3, -0.25) is 4.79 Å². The minimum absolute atomic E-state index is 0. The number of H-pyrrole nitrogens is 1. The van der Waals surface area contributed by atoms with Gasteiger partial charge >= 0.3 is 0 Å². The Labute approximate surface area is 129 Å². The van der Waals surface area contributed by atoms with Gasteiger partial charge < -0.3 is 4.98 Å². The predicted octanol–water partition coefficient (Wildman–Crippen LogP) is 4.13. The monoisotopic (exact) mass is 317 g/mol. The van der Waals surface area contributed by atoms with Gasteiger partial charge in [-0.15, -0.1) is 36.6 Å². The molecule has 0 atom stereocenters. The SMILES string of the molecule is Cc1c[nH]c(CSc2ccccc2)c(C)c1=O.Cl.Cl. The van der Waals surface area contributed by atoms with Crippen LogP contribution in [0.2, 0.25) is 0 Å². The normalized spacial score (nSPS) is 9.37. The second-order valence-electron chi connectivity index (χ2n) is 4.01. The van der Waals surface area contributed by atoms with Crippen molar-refractivity contribution in [3.63, 3.8) is 0 Å². The number of benzene rings is 1. The summed E-state index contributed by atoms with van der Waals surface area (Å²) in [6, 6.07) is 10.2. The molecule has 0 bridgehead atoms. The molecule has 0 aliphatic carbocycles. The van der Waals surface area contributed by atoms with Crippen LogP contribution in [-0.2, 0) is 5.75 Å². The maximum atomic E-state index is 11.8. The molecule has 19 heavy (non-hydrogen) atoms. The molecular formula is C14H17Cl2NOS. The van der Waals surface area contributed by atoms with Crippen LogP contribution in [0.25, 0.3) is 0 Å². The number of pyridine rings is 1. The van der Waals surface area contributed by atoms with Crippen LogP contribution in [0, 0.1) is 13.8 Å². The topological polar surface area (TPSA) is 32.9 Å². The van der Waals surface area contributed by atoms with Crippen molar-refractivity contribution < 1.29 is 0 Å². The van der Waals surface area contributed by atoms with E-state index in [1.165, 1.54) is 4.90 Å². The fraction of sp³-hybridized carbons (Fsp3) is 0.214. The van der Waals surface area contributed by atoms with Gasteiger partial charge in [0, 0.05) is 33.7 Å². The lowest BCUT2D eigenvalue weighted by Gasteiger charge is -2.06. The van der Waals surface area contributed by atoms with E-state index in [0.29, 0.717) is 0 Å². The minimum atomic E-state index is 0. The van der Waals surface area contributed by atoms with Crippen LogP contribution in [0.5, 0.6) is 0 Å². The van der Waals surface area contributed by atoms with Crippen LogP contribution >= 0.6 is 36.6 Å². The minimum Gasteiger partial charge on any atom is -0.364 e. The molecule has 5 heteroatoms. The molecular weight excluding hydrogens is 301 g/mol. The molecule has 1 aromatic heterocycles. The number of aryl methyl sites for hydroxylation is 1. The summed E-state index contributed by atoms with van der Waals surface area (Å²) >= 11 is 1.73. The summed E-state index contributed by atoms with van der Waals surface area (Å²) in [6.45, 7) is 3.71. The highest BCUT2D eigenvalue weighted by Gasteiger charge is 2.05. The lowest BCUT2D eigenvalue weighted by atomic mass is 10.2. The van der Waals surface area contributed by atoms with E-state index in [4.69, 9.17) is 0 Å². The first kappa shape index (κ1) is 18.1. The Kier molecular flexibility index (Phi) is 7.91. The van der Waals surface area contributed by atoms with Crippen molar-refractivity contribution in [2.45, 2.75) is 24.5 Å². The van der Waals surface area contributed by atoms with Gasteiger partial charge in [0.15, 0.2) is 5.43 Å². The van der Waals surface area contributed by atoms with E-state index < -0.39 is 0 Å². The van der Waals surface area contributed by atoms with Crippen LogP contribution in [0.15, 0.2) is 46.2 Å². The number of aromatic amines is 1. The Balaban J connectivity index is 0.00000162. The molecule has 0 fully saturated rings. The van der Waals surface area contributed by atoms with Crippen molar-refractivity contribution in [1.29, 1.82) is 0 Å². The van der Waals surface area contributed by atoms with Crippen molar-refractivity contribution in [3.05, 3.63) is 63.6 Å². The third-order valence-electron chi connectivity index (χ3n) is 2.74. The van der Waals surface area contributed by atoms with E-state index in [1.807, 2.05) is 32.0 Å². The molecule has 0 saturated heterocycles. The van der Waals surface area contributed by atoms with Crippen molar-refractivity contribution in [2.75, 3.05) is 0 Å². The highest BCUT2D eigenvalue weighted by molar-refractivity contribution is 7.98. The number of halogens is 2. The van der Waals surface area contributed by atoms with Gasteiger partial charge in [-0.2, -0.15) is 0 Å². The molecule has 1 aromatic carbocycles. The number of hydrogen-bond donors (Lipinski definition) is 1. The third kappa shape index (κ3) is 4.60. The van der Waals surface area contributed by atoms with Crippen molar-refractivity contribution in [2.24, 2.45) is 0 Å². The van der Waals surface area contributed by atoms with Crippen molar-refractivity contribution in [3.8, 4) is 0 Å². The van der Waals surface area contributed by atoms with E-state index in [1.54, 1.807) is 18.0 Å². The molecule has 2 aromatic rings. The smallest absolute Gasteiger partial charge is 0.187 e. The van der Waals surface area contributed by atoms with E-state index in [0.717, 1.165) is 22.6 Å². The Morgan fingerprint density at radius 2 is 1.74 bits per heavy atom. The average Bonchev–Trinajstić information content (AvgIpc) is 2.36. The Bertz CT molecular complexity index is 569. The number of thioether (sulfide) groups is 1.